The predicted octanol–water partition coefficient (Wildman–Crippen LogP) is 1.51. The Morgan fingerprint density at radius 3 is 2.40 bits per heavy atom. The van der Waals surface area contributed by atoms with E-state index in [1.54, 1.807) is 30.9 Å². The number of halogens is 1. The summed E-state index contributed by atoms with van der Waals surface area (Å²) in [5.41, 5.74) is 2.46. The number of nitrogens with zero attached hydrogens (tertiary/aromatic N) is 2. The third kappa shape index (κ3) is 7.36. The molecule has 12 heteroatoms. The number of aliphatic hydroxyl groups excluding tert-OH is 4. The normalized spacial score (nSPS) is 24.2. The molecule has 2 aromatic carbocycles. The molecule has 45 heavy (non-hydrogen) atoms. The van der Waals surface area contributed by atoms with Crippen LogP contribution in [0.3, 0.4) is 0 Å². The Bertz CT molecular complexity index is 1490. The monoisotopic (exact) mass is 642 g/mol. The van der Waals surface area contributed by atoms with Gasteiger partial charge in [0.25, 0.3) is 0 Å². The Kier molecular flexibility index (Phi) is 10.5. The summed E-state index contributed by atoms with van der Waals surface area (Å²) in [6.45, 7) is 6.26. The number of piperazine rings is 1. The first kappa shape index (κ1) is 33.3. The molecule has 244 valence electrons. The quantitative estimate of drug-likeness (QED) is 0.194. The molecule has 2 fully saturated rings. The fraction of sp³-hybridized carbons (Fsp3) is 0.515. The first-order valence-electron chi connectivity index (χ1n) is 15.5. The Morgan fingerprint density at radius 1 is 1.02 bits per heavy atom. The number of amides is 2. The maximum Gasteiger partial charge on any atom is 0.247 e. The van der Waals surface area contributed by atoms with Gasteiger partial charge in [-0.15, -0.1) is 0 Å². The Morgan fingerprint density at radius 2 is 1.71 bits per heavy atom. The number of aliphatic hydroxyl groups is 4. The van der Waals surface area contributed by atoms with E-state index in [1.807, 2.05) is 41.1 Å². The second kappa shape index (κ2) is 14.2. The van der Waals surface area contributed by atoms with Crippen LogP contribution < -0.4 is 10.6 Å². The lowest BCUT2D eigenvalue weighted by Gasteiger charge is -2.40. The van der Waals surface area contributed by atoms with Crippen LogP contribution in [0.15, 0.2) is 48.7 Å². The van der Waals surface area contributed by atoms with Crippen LogP contribution in [0.25, 0.3) is 10.9 Å². The summed E-state index contributed by atoms with van der Waals surface area (Å²) in [5.74, 6) is -0.211. The number of carbonyl (C=O) groups is 2. The van der Waals surface area contributed by atoms with Crippen LogP contribution in [0.2, 0.25) is 5.02 Å². The minimum atomic E-state index is -1.48. The average molecular weight is 643 g/mol. The van der Waals surface area contributed by atoms with Crippen molar-refractivity contribution >= 4 is 34.3 Å². The number of carbonyl (C=O) groups excluding carboxylic acids is 2. The number of hydrogen-bond acceptors (Lipinski definition) is 8. The highest BCUT2D eigenvalue weighted by Gasteiger charge is 2.45. The number of aromatic nitrogens is 1. The number of ether oxygens (including phenoxy) is 1. The number of benzene rings is 2. The summed E-state index contributed by atoms with van der Waals surface area (Å²) in [6.07, 6.45) is -2.83. The van der Waals surface area contributed by atoms with Gasteiger partial charge in [0.2, 0.25) is 11.8 Å². The van der Waals surface area contributed by atoms with Crippen molar-refractivity contribution in [3.05, 3.63) is 70.4 Å². The molecule has 0 saturated carbocycles. The molecule has 2 amide bonds. The molecule has 2 saturated heterocycles. The zero-order valence-corrected chi connectivity index (χ0v) is 26.4. The molecule has 3 heterocycles. The molecule has 3 aromatic rings. The van der Waals surface area contributed by atoms with E-state index in [9.17, 15) is 30.0 Å². The first-order valence-corrected chi connectivity index (χ1v) is 15.8. The third-order valence-electron chi connectivity index (χ3n) is 8.71. The van der Waals surface area contributed by atoms with Crippen molar-refractivity contribution in [1.82, 2.24) is 20.1 Å². The van der Waals surface area contributed by atoms with E-state index >= 15 is 0 Å². The van der Waals surface area contributed by atoms with Crippen molar-refractivity contribution < 1.29 is 34.8 Å². The van der Waals surface area contributed by atoms with Crippen molar-refractivity contribution in [2.45, 2.75) is 75.7 Å². The summed E-state index contributed by atoms with van der Waals surface area (Å²) in [7, 11) is 0. The summed E-state index contributed by atoms with van der Waals surface area (Å²) in [6, 6.07) is 13.5. The summed E-state index contributed by atoms with van der Waals surface area (Å²) >= 11 is 6.62. The van der Waals surface area contributed by atoms with Crippen LogP contribution in [0, 0.1) is 0 Å². The van der Waals surface area contributed by atoms with Crippen molar-refractivity contribution in [2.75, 3.05) is 32.8 Å². The van der Waals surface area contributed by atoms with Crippen molar-refractivity contribution in [3.63, 3.8) is 0 Å². The van der Waals surface area contributed by atoms with Gasteiger partial charge >= 0.3 is 0 Å². The molecule has 1 aromatic heterocycles. The van der Waals surface area contributed by atoms with E-state index < -0.39 is 42.7 Å². The Balaban J connectivity index is 1.21. The molecular weight excluding hydrogens is 600 g/mol. The van der Waals surface area contributed by atoms with Gasteiger partial charge < -0.3 is 45.3 Å². The summed E-state index contributed by atoms with van der Waals surface area (Å²) in [5, 5.41) is 48.4. The molecule has 0 radical (unpaired) electrons. The fourth-order valence-corrected chi connectivity index (χ4v) is 6.52. The molecule has 2 aliphatic rings. The minimum absolute atomic E-state index is 0.0648. The minimum Gasteiger partial charge on any atom is -0.394 e. The molecule has 0 bridgehead atoms. The molecule has 11 nitrogen and oxygen atoms in total. The zero-order valence-electron chi connectivity index (χ0n) is 25.7. The number of hydrogen-bond donors (Lipinski definition) is 6. The molecule has 0 spiro atoms. The maximum absolute atomic E-state index is 12.9. The van der Waals surface area contributed by atoms with E-state index in [4.69, 9.17) is 16.3 Å². The topological polar surface area (TPSA) is 157 Å². The van der Waals surface area contributed by atoms with Gasteiger partial charge in [0.05, 0.1) is 17.1 Å². The summed E-state index contributed by atoms with van der Waals surface area (Å²) < 4.78 is 7.80. The maximum atomic E-state index is 12.9. The van der Waals surface area contributed by atoms with Crippen LogP contribution in [0.5, 0.6) is 0 Å². The fourth-order valence-electron chi connectivity index (χ4n) is 6.24. The van der Waals surface area contributed by atoms with Crippen LogP contribution in [-0.4, -0.2) is 104 Å². The highest BCUT2D eigenvalue weighted by atomic mass is 35.5. The lowest BCUT2D eigenvalue weighted by atomic mass is 9.91. The van der Waals surface area contributed by atoms with E-state index in [-0.39, 0.29) is 11.8 Å². The van der Waals surface area contributed by atoms with E-state index in [1.165, 1.54) is 0 Å². The lowest BCUT2D eigenvalue weighted by molar-refractivity contribution is -0.231. The van der Waals surface area contributed by atoms with Gasteiger partial charge in [-0.05, 0) is 43.9 Å². The summed E-state index contributed by atoms with van der Waals surface area (Å²) in [4.78, 5) is 27.3. The van der Waals surface area contributed by atoms with Gasteiger partial charge in [0.1, 0.15) is 36.1 Å². The Labute approximate surface area is 267 Å². The van der Waals surface area contributed by atoms with E-state index in [0.29, 0.717) is 49.5 Å². The number of aryl methyl sites for hydroxylation is 1. The van der Waals surface area contributed by atoms with Crippen LogP contribution >= 0.6 is 11.6 Å². The molecule has 0 aliphatic carbocycles. The molecule has 5 rings (SSSR count). The third-order valence-corrected chi connectivity index (χ3v) is 9.02. The van der Waals surface area contributed by atoms with Gasteiger partial charge in [0.15, 0.2) is 0 Å². The SMILES string of the molecule is CC(C)(NC(=O)CCCc1ccc(Cn2cc([C@@H]3O[C@H](CO)[C@@H](O)[C@H](O)[C@H]3O)c3cccc(Cl)c32)cc1)C(=O)N1CCNCC1. The van der Waals surface area contributed by atoms with Crippen LogP contribution in [0.4, 0.5) is 0 Å². The van der Waals surface area contributed by atoms with E-state index in [0.717, 1.165) is 35.1 Å². The van der Waals surface area contributed by atoms with Crippen LogP contribution in [-0.2, 0) is 27.3 Å². The van der Waals surface area contributed by atoms with Gasteiger partial charge in [-0.25, -0.2) is 0 Å². The highest BCUT2D eigenvalue weighted by Crippen LogP contribution is 2.39. The average Bonchev–Trinajstić information content (AvgIpc) is 3.39. The molecule has 6 N–H and O–H groups in total. The van der Waals surface area contributed by atoms with E-state index in [2.05, 4.69) is 10.6 Å². The molecular formula is C33H43ClN4O7. The number of nitrogens with one attached hydrogen (secondary N) is 2. The lowest BCUT2D eigenvalue weighted by Crippen LogP contribution is -2.59. The number of fused-ring (bicyclic) bond motifs is 1. The standard InChI is InChI=1S/C33H43ClN4O7/c1-33(2,32(44)37-15-13-35-14-16-37)36-26(40)8-3-5-20-9-11-21(12-10-20)17-38-18-23(22-6-4-7-24(34)27(22)38)31-30(43)29(42)28(41)25(19-39)45-31/h4,6-7,9-12,18,25,28-31,35,39,41-43H,3,5,8,13-17,19H2,1-2H3,(H,36,40)/t25-,28-,29+,30-,31+/m1/s1. The largest absolute Gasteiger partial charge is 0.394 e. The highest BCUT2D eigenvalue weighted by molar-refractivity contribution is 6.35. The van der Waals surface area contributed by atoms with Crippen LogP contribution in [0.1, 0.15) is 49.5 Å². The molecule has 5 atom stereocenters. The second-order valence-electron chi connectivity index (χ2n) is 12.5. The number of rotatable bonds is 10. The van der Waals surface area contributed by atoms with Crippen molar-refractivity contribution in [3.8, 4) is 0 Å². The van der Waals surface area contributed by atoms with Gasteiger partial charge in [-0.2, -0.15) is 0 Å². The molecule has 2 aliphatic heterocycles. The smallest absolute Gasteiger partial charge is 0.247 e. The zero-order chi connectivity index (χ0) is 32.3. The predicted molar refractivity (Wildman–Crippen MR) is 170 cm³/mol. The second-order valence-corrected chi connectivity index (χ2v) is 12.9. The van der Waals surface area contributed by atoms with Gasteiger partial charge in [-0.3, -0.25) is 9.59 Å². The van der Waals surface area contributed by atoms with Crippen molar-refractivity contribution in [2.24, 2.45) is 0 Å². The van der Waals surface area contributed by atoms with Crippen molar-refractivity contribution in [1.29, 1.82) is 0 Å². The Hall–Kier alpha value is -3.03. The first-order chi connectivity index (χ1) is 21.5. The number of para-hydroxylation sites is 1. The molecule has 0 unspecified atom stereocenters. The van der Waals surface area contributed by atoms with Gasteiger partial charge in [0, 0.05) is 56.3 Å². The van der Waals surface area contributed by atoms with Gasteiger partial charge in [-0.1, -0.05) is 48.0 Å².